The van der Waals surface area contributed by atoms with Crippen LogP contribution in [0.25, 0.3) is 6.08 Å². The number of carboxylic acid groups (broad SMARTS) is 1. The number of benzene rings is 2. The van der Waals surface area contributed by atoms with Crippen molar-refractivity contribution in [3.05, 3.63) is 81.9 Å². The van der Waals surface area contributed by atoms with Crippen molar-refractivity contribution in [1.29, 1.82) is 0 Å². The maximum Gasteiger partial charge on any atom is 0.326 e. The molecule has 0 radical (unpaired) electrons. The molecular weight excluding hydrogens is 324 g/mol. The van der Waals surface area contributed by atoms with Gasteiger partial charge in [0.15, 0.2) is 0 Å². The van der Waals surface area contributed by atoms with Crippen molar-refractivity contribution in [1.82, 2.24) is 5.32 Å². The Morgan fingerprint density at radius 2 is 1.76 bits per heavy atom. The zero-order valence-electron chi connectivity index (χ0n) is 13.2. The summed E-state index contributed by atoms with van der Waals surface area (Å²) >= 11 is 0. The van der Waals surface area contributed by atoms with Gasteiger partial charge in [0.05, 0.1) is 4.92 Å². The van der Waals surface area contributed by atoms with Crippen LogP contribution >= 0.6 is 0 Å². The van der Waals surface area contributed by atoms with Gasteiger partial charge in [-0.1, -0.05) is 30.3 Å². The second-order valence-electron chi connectivity index (χ2n) is 5.27. The number of non-ortho nitro benzene ring substituents is 1. The molecule has 2 aromatic rings. The van der Waals surface area contributed by atoms with Crippen molar-refractivity contribution in [2.75, 3.05) is 0 Å². The maximum absolute atomic E-state index is 11.9. The lowest BCUT2D eigenvalue weighted by molar-refractivity contribution is -0.384. The van der Waals surface area contributed by atoms with Crippen molar-refractivity contribution in [3.8, 4) is 0 Å². The predicted octanol–water partition coefficient (Wildman–Crippen LogP) is 2.42. The molecule has 0 spiro atoms. The standard InChI is InChI=1S/C18H16N2O5/c21-17(11-8-13-6-9-15(10-7-13)20(24)25)19-16(18(22)23)12-14-4-2-1-3-5-14/h1-11,16H,12H2,(H,19,21)(H,22,23)/b11-8+/t16-/m0/s1. The van der Waals surface area contributed by atoms with Gasteiger partial charge in [0.2, 0.25) is 5.91 Å². The van der Waals surface area contributed by atoms with E-state index in [-0.39, 0.29) is 12.1 Å². The maximum atomic E-state index is 11.9. The number of nitrogens with zero attached hydrogens (tertiary/aromatic N) is 1. The number of hydrogen-bond donors (Lipinski definition) is 2. The lowest BCUT2D eigenvalue weighted by atomic mass is 10.1. The van der Waals surface area contributed by atoms with Crippen LogP contribution in [0.5, 0.6) is 0 Å². The first kappa shape index (κ1) is 17.9. The molecule has 0 heterocycles. The molecule has 2 rings (SSSR count). The summed E-state index contributed by atoms with van der Waals surface area (Å²) in [7, 11) is 0. The van der Waals surface area contributed by atoms with Gasteiger partial charge < -0.3 is 10.4 Å². The van der Waals surface area contributed by atoms with E-state index in [1.54, 1.807) is 24.3 Å². The molecule has 128 valence electrons. The molecule has 7 heteroatoms. The van der Waals surface area contributed by atoms with Gasteiger partial charge in [0.25, 0.3) is 5.69 Å². The van der Waals surface area contributed by atoms with Gasteiger partial charge in [-0.25, -0.2) is 4.79 Å². The molecule has 25 heavy (non-hydrogen) atoms. The first-order chi connectivity index (χ1) is 12.0. The van der Waals surface area contributed by atoms with Crippen LogP contribution < -0.4 is 5.32 Å². The number of carbonyl (C=O) groups is 2. The molecule has 0 saturated heterocycles. The summed E-state index contributed by atoms with van der Waals surface area (Å²) in [5, 5.41) is 22.3. The molecular formula is C18H16N2O5. The van der Waals surface area contributed by atoms with E-state index in [1.165, 1.54) is 36.4 Å². The van der Waals surface area contributed by atoms with Gasteiger partial charge in [-0.05, 0) is 29.3 Å². The summed E-state index contributed by atoms with van der Waals surface area (Å²) < 4.78 is 0. The highest BCUT2D eigenvalue weighted by Gasteiger charge is 2.19. The fourth-order valence-corrected chi connectivity index (χ4v) is 2.15. The van der Waals surface area contributed by atoms with Crippen molar-refractivity contribution in [2.45, 2.75) is 12.5 Å². The first-order valence-electron chi connectivity index (χ1n) is 7.45. The summed E-state index contributed by atoms with van der Waals surface area (Å²) in [6, 6.07) is 13.6. The van der Waals surface area contributed by atoms with Gasteiger partial charge >= 0.3 is 5.97 Å². The molecule has 0 fully saturated rings. The number of rotatable bonds is 7. The molecule has 1 amide bonds. The van der Waals surface area contributed by atoms with Crippen molar-refractivity contribution in [2.24, 2.45) is 0 Å². The normalized spacial score (nSPS) is 11.8. The van der Waals surface area contributed by atoms with E-state index in [2.05, 4.69) is 5.32 Å². The number of nitrogens with one attached hydrogen (secondary N) is 1. The van der Waals surface area contributed by atoms with E-state index in [0.29, 0.717) is 5.56 Å². The van der Waals surface area contributed by atoms with Crippen LogP contribution in [0.3, 0.4) is 0 Å². The molecule has 7 nitrogen and oxygen atoms in total. The van der Waals surface area contributed by atoms with E-state index in [1.807, 2.05) is 6.07 Å². The van der Waals surface area contributed by atoms with Gasteiger partial charge in [-0.15, -0.1) is 0 Å². The zero-order valence-corrected chi connectivity index (χ0v) is 13.2. The molecule has 2 aromatic carbocycles. The van der Waals surface area contributed by atoms with Crippen LogP contribution in [0.4, 0.5) is 5.69 Å². The van der Waals surface area contributed by atoms with Gasteiger partial charge in [0, 0.05) is 24.6 Å². The second-order valence-corrected chi connectivity index (χ2v) is 5.27. The third kappa shape index (κ3) is 5.58. The molecule has 0 unspecified atom stereocenters. The van der Waals surface area contributed by atoms with E-state index >= 15 is 0 Å². The lowest BCUT2D eigenvalue weighted by Crippen LogP contribution is -2.41. The highest BCUT2D eigenvalue weighted by atomic mass is 16.6. The monoisotopic (exact) mass is 340 g/mol. The number of hydrogen-bond acceptors (Lipinski definition) is 4. The van der Waals surface area contributed by atoms with E-state index in [9.17, 15) is 24.8 Å². The number of nitro benzene ring substituents is 1. The first-order valence-corrected chi connectivity index (χ1v) is 7.45. The minimum absolute atomic E-state index is 0.0459. The molecule has 0 aliphatic rings. The summed E-state index contributed by atoms with van der Waals surface area (Å²) in [4.78, 5) is 33.3. The SMILES string of the molecule is O=C(/C=C/c1ccc([N+](=O)[O-])cc1)N[C@@H](Cc1ccccc1)C(=O)O. The van der Waals surface area contributed by atoms with Gasteiger partial charge in [-0.2, -0.15) is 0 Å². The fourth-order valence-electron chi connectivity index (χ4n) is 2.15. The Hall–Kier alpha value is -3.48. The van der Waals surface area contributed by atoms with Crippen molar-refractivity contribution < 1.29 is 19.6 Å². The Kier molecular flexibility index (Phi) is 6.00. The van der Waals surface area contributed by atoms with Gasteiger partial charge in [0.1, 0.15) is 6.04 Å². The summed E-state index contributed by atoms with van der Waals surface area (Å²) in [6.45, 7) is 0. The van der Waals surface area contributed by atoms with Crippen LogP contribution in [-0.4, -0.2) is 27.9 Å². The Morgan fingerprint density at radius 1 is 1.12 bits per heavy atom. The number of carboxylic acids is 1. The van der Waals surface area contributed by atoms with Crippen LogP contribution in [0.15, 0.2) is 60.7 Å². The Balaban J connectivity index is 1.98. The largest absolute Gasteiger partial charge is 0.480 e. The molecule has 0 bridgehead atoms. The van der Waals surface area contributed by atoms with Crippen molar-refractivity contribution >= 4 is 23.6 Å². The summed E-state index contributed by atoms with van der Waals surface area (Å²) in [5.41, 5.74) is 1.35. The third-order valence-electron chi connectivity index (χ3n) is 3.43. The quantitative estimate of drug-likeness (QED) is 0.457. The minimum atomic E-state index is -1.12. The van der Waals surface area contributed by atoms with Gasteiger partial charge in [-0.3, -0.25) is 14.9 Å². The molecule has 0 aromatic heterocycles. The fraction of sp³-hybridized carbons (Fsp3) is 0.111. The minimum Gasteiger partial charge on any atom is -0.480 e. The van der Waals surface area contributed by atoms with E-state index in [4.69, 9.17) is 0 Å². The summed E-state index contributed by atoms with van der Waals surface area (Å²) in [6.07, 6.45) is 2.83. The predicted molar refractivity (Wildman–Crippen MR) is 91.8 cm³/mol. The van der Waals surface area contributed by atoms with Crippen LogP contribution in [0.2, 0.25) is 0 Å². The molecule has 1 atom stereocenters. The molecule has 0 saturated carbocycles. The van der Waals surface area contributed by atoms with Crippen LogP contribution in [-0.2, 0) is 16.0 Å². The van der Waals surface area contributed by atoms with E-state index in [0.717, 1.165) is 5.56 Å². The number of carbonyl (C=O) groups excluding carboxylic acids is 1. The topological polar surface area (TPSA) is 110 Å². The van der Waals surface area contributed by atoms with Crippen LogP contribution in [0, 0.1) is 10.1 Å². The Morgan fingerprint density at radius 3 is 2.32 bits per heavy atom. The smallest absolute Gasteiger partial charge is 0.326 e. The lowest BCUT2D eigenvalue weighted by Gasteiger charge is -2.13. The number of nitro groups is 1. The van der Waals surface area contributed by atoms with Crippen molar-refractivity contribution in [3.63, 3.8) is 0 Å². The Labute approximate surface area is 143 Å². The van der Waals surface area contributed by atoms with Crippen LogP contribution in [0.1, 0.15) is 11.1 Å². The third-order valence-corrected chi connectivity index (χ3v) is 3.43. The number of amides is 1. The zero-order chi connectivity index (χ0) is 18.2. The highest BCUT2D eigenvalue weighted by Crippen LogP contribution is 2.12. The molecule has 2 N–H and O–H groups in total. The number of aliphatic carboxylic acids is 1. The highest BCUT2D eigenvalue weighted by molar-refractivity contribution is 5.94. The molecule has 0 aliphatic carbocycles. The van der Waals surface area contributed by atoms with E-state index < -0.39 is 22.8 Å². The second kappa shape index (κ2) is 8.39. The average Bonchev–Trinajstić information content (AvgIpc) is 2.60. The Bertz CT molecular complexity index is 785. The summed E-state index contributed by atoms with van der Waals surface area (Å²) in [5.74, 6) is -1.68. The molecule has 0 aliphatic heterocycles. The average molecular weight is 340 g/mol.